The van der Waals surface area contributed by atoms with Crippen molar-refractivity contribution in [3.05, 3.63) is 16.1 Å². The molecule has 1 unspecified atom stereocenters. The number of rotatable bonds is 9. The van der Waals surface area contributed by atoms with Crippen LogP contribution in [-0.2, 0) is 15.0 Å². The topological polar surface area (TPSA) is 43.4 Å². The summed E-state index contributed by atoms with van der Waals surface area (Å²) in [6.45, 7) is 10.8. The van der Waals surface area contributed by atoms with Gasteiger partial charge in [0, 0.05) is 26.1 Å². The Hall–Kier alpha value is -0.490. The van der Waals surface area contributed by atoms with Crippen molar-refractivity contribution in [2.75, 3.05) is 34.0 Å². The maximum Gasteiger partial charge on any atom is 0.116 e. The lowest BCUT2D eigenvalue weighted by atomic mass is 9.87. The van der Waals surface area contributed by atoms with Gasteiger partial charge in [-0.2, -0.15) is 0 Å². The highest BCUT2D eigenvalue weighted by Crippen LogP contribution is 2.33. The monoisotopic (exact) mass is 300 g/mol. The lowest BCUT2D eigenvalue weighted by molar-refractivity contribution is 0.0687. The molecule has 20 heavy (non-hydrogen) atoms. The van der Waals surface area contributed by atoms with Gasteiger partial charge in [0.1, 0.15) is 5.01 Å². The van der Waals surface area contributed by atoms with Gasteiger partial charge in [0.15, 0.2) is 0 Å². The second-order valence-corrected chi connectivity index (χ2v) is 6.57. The van der Waals surface area contributed by atoms with Crippen molar-refractivity contribution < 1.29 is 9.47 Å². The molecule has 4 nitrogen and oxygen atoms in total. The van der Waals surface area contributed by atoms with Gasteiger partial charge in [-0.1, -0.05) is 27.7 Å². The van der Waals surface area contributed by atoms with E-state index in [1.165, 1.54) is 0 Å². The van der Waals surface area contributed by atoms with Crippen LogP contribution in [0.25, 0.3) is 0 Å². The van der Waals surface area contributed by atoms with Crippen molar-refractivity contribution in [2.24, 2.45) is 5.92 Å². The fourth-order valence-electron chi connectivity index (χ4n) is 2.17. The highest BCUT2D eigenvalue weighted by molar-refractivity contribution is 7.09. The molecule has 0 aliphatic rings. The zero-order valence-electron chi connectivity index (χ0n) is 13.5. The van der Waals surface area contributed by atoms with Crippen LogP contribution in [0.4, 0.5) is 0 Å². The minimum atomic E-state index is -0.245. The first-order chi connectivity index (χ1) is 9.47. The smallest absolute Gasteiger partial charge is 0.116 e. The molecule has 0 saturated carbocycles. The Morgan fingerprint density at radius 2 is 1.95 bits per heavy atom. The number of aromatic nitrogens is 1. The van der Waals surface area contributed by atoms with Crippen LogP contribution in [0, 0.1) is 5.92 Å². The van der Waals surface area contributed by atoms with Crippen LogP contribution in [0.15, 0.2) is 5.38 Å². The van der Waals surface area contributed by atoms with Crippen molar-refractivity contribution in [3.63, 3.8) is 0 Å². The molecule has 0 spiro atoms. The summed E-state index contributed by atoms with van der Waals surface area (Å²) in [5.41, 5.74) is 0.908. The third-order valence-electron chi connectivity index (χ3n) is 3.60. The number of nitrogens with zero attached hydrogens (tertiary/aromatic N) is 1. The molecule has 0 aromatic carbocycles. The van der Waals surface area contributed by atoms with Gasteiger partial charge < -0.3 is 14.8 Å². The summed E-state index contributed by atoms with van der Waals surface area (Å²) >= 11 is 1.72. The molecule has 1 N–H and O–H groups in total. The molecule has 1 aromatic heterocycles. The van der Waals surface area contributed by atoms with E-state index >= 15 is 0 Å². The van der Waals surface area contributed by atoms with Crippen LogP contribution in [0.2, 0.25) is 0 Å². The van der Waals surface area contributed by atoms with E-state index in [0.717, 1.165) is 17.2 Å². The van der Waals surface area contributed by atoms with Gasteiger partial charge in [-0.05, 0) is 11.8 Å². The standard InChI is InChI=1S/C15H28N2O2S/c1-11(2)13-9-20-14(17-13)15(10-19-6,12(3)4)16-7-8-18-5/h9,11-12,16H,7-8,10H2,1-6H3. The molecule has 0 fully saturated rings. The number of thiazole rings is 1. The van der Waals surface area contributed by atoms with Crippen molar-refractivity contribution >= 4 is 11.3 Å². The predicted octanol–water partition coefficient (Wildman–Crippen LogP) is 3.00. The van der Waals surface area contributed by atoms with E-state index in [1.54, 1.807) is 25.6 Å². The molecule has 0 bridgehead atoms. The average molecular weight is 300 g/mol. The van der Waals surface area contributed by atoms with Gasteiger partial charge in [0.2, 0.25) is 0 Å². The normalized spacial score (nSPS) is 15.0. The number of methoxy groups -OCH3 is 2. The molecular formula is C15H28N2O2S. The molecule has 0 aliphatic heterocycles. The van der Waals surface area contributed by atoms with E-state index in [0.29, 0.717) is 25.0 Å². The van der Waals surface area contributed by atoms with Crippen LogP contribution < -0.4 is 5.32 Å². The first-order valence-electron chi connectivity index (χ1n) is 7.16. The third kappa shape index (κ3) is 4.01. The highest BCUT2D eigenvalue weighted by Gasteiger charge is 2.38. The van der Waals surface area contributed by atoms with Crippen LogP contribution in [0.3, 0.4) is 0 Å². The van der Waals surface area contributed by atoms with E-state index in [1.807, 2.05) is 0 Å². The number of nitrogens with one attached hydrogen (secondary N) is 1. The summed E-state index contributed by atoms with van der Waals surface area (Å²) in [7, 11) is 3.46. The van der Waals surface area contributed by atoms with Gasteiger partial charge in [0.05, 0.1) is 24.4 Å². The van der Waals surface area contributed by atoms with E-state index < -0.39 is 0 Å². The largest absolute Gasteiger partial charge is 0.383 e. The Balaban J connectivity index is 3.05. The molecule has 0 radical (unpaired) electrons. The minimum Gasteiger partial charge on any atom is -0.383 e. The molecule has 0 saturated heterocycles. The van der Waals surface area contributed by atoms with Gasteiger partial charge in [-0.3, -0.25) is 0 Å². The van der Waals surface area contributed by atoms with Crippen molar-refractivity contribution in [1.82, 2.24) is 10.3 Å². The van der Waals surface area contributed by atoms with Gasteiger partial charge in [-0.25, -0.2) is 4.98 Å². The Kier molecular flexibility index (Phi) is 7.09. The highest BCUT2D eigenvalue weighted by atomic mass is 32.1. The van der Waals surface area contributed by atoms with Gasteiger partial charge in [0.25, 0.3) is 0 Å². The number of hydrogen-bond acceptors (Lipinski definition) is 5. The third-order valence-corrected chi connectivity index (χ3v) is 4.64. The van der Waals surface area contributed by atoms with Gasteiger partial charge in [-0.15, -0.1) is 11.3 Å². The maximum atomic E-state index is 5.49. The zero-order valence-corrected chi connectivity index (χ0v) is 14.3. The Labute approximate surface area is 126 Å². The molecular weight excluding hydrogens is 272 g/mol. The molecule has 1 atom stereocenters. The fourth-order valence-corrected chi connectivity index (χ4v) is 3.46. The average Bonchev–Trinajstić information content (AvgIpc) is 2.87. The van der Waals surface area contributed by atoms with Crippen molar-refractivity contribution in [2.45, 2.75) is 39.2 Å². The molecule has 1 rings (SSSR count). The second-order valence-electron chi connectivity index (χ2n) is 5.71. The van der Waals surface area contributed by atoms with Crippen LogP contribution in [0.5, 0.6) is 0 Å². The lowest BCUT2D eigenvalue weighted by Gasteiger charge is -2.36. The number of ether oxygens (including phenoxy) is 2. The molecule has 1 aromatic rings. The zero-order chi connectivity index (χ0) is 15.2. The summed E-state index contributed by atoms with van der Waals surface area (Å²) in [4.78, 5) is 4.84. The summed E-state index contributed by atoms with van der Waals surface area (Å²) in [5.74, 6) is 0.830. The fraction of sp³-hybridized carbons (Fsp3) is 0.800. The van der Waals surface area contributed by atoms with Gasteiger partial charge >= 0.3 is 0 Å². The van der Waals surface area contributed by atoms with E-state index in [9.17, 15) is 0 Å². The second kappa shape index (κ2) is 8.08. The summed E-state index contributed by atoms with van der Waals surface area (Å²) in [5, 5.41) is 6.86. The predicted molar refractivity (Wildman–Crippen MR) is 84.5 cm³/mol. The van der Waals surface area contributed by atoms with Crippen molar-refractivity contribution in [1.29, 1.82) is 0 Å². The van der Waals surface area contributed by atoms with E-state index in [-0.39, 0.29) is 5.54 Å². The summed E-state index contributed by atoms with van der Waals surface area (Å²) in [6, 6.07) is 0. The Morgan fingerprint density at radius 1 is 1.25 bits per heavy atom. The summed E-state index contributed by atoms with van der Waals surface area (Å²) in [6.07, 6.45) is 0. The van der Waals surface area contributed by atoms with E-state index in [4.69, 9.17) is 14.5 Å². The molecule has 0 aliphatic carbocycles. The quantitative estimate of drug-likeness (QED) is 0.712. The lowest BCUT2D eigenvalue weighted by Crippen LogP contribution is -2.51. The molecule has 1 heterocycles. The Bertz CT molecular complexity index is 393. The molecule has 116 valence electrons. The first-order valence-corrected chi connectivity index (χ1v) is 8.04. The molecule has 0 amide bonds. The van der Waals surface area contributed by atoms with Crippen molar-refractivity contribution in [3.8, 4) is 0 Å². The van der Waals surface area contributed by atoms with Crippen LogP contribution >= 0.6 is 11.3 Å². The molecule has 5 heteroatoms. The SMILES string of the molecule is COCCNC(COC)(c1nc(C(C)C)cs1)C(C)C. The maximum absolute atomic E-state index is 5.49. The minimum absolute atomic E-state index is 0.245. The van der Waals surface area contributed by atoms with E-state index in [2.05, 4.69) is 38.4 Å². The Morgan fingerprint density at radius 3 is 2.40 bits per heavy atom. The first kappa shape index (κ1) is 17.6. The van der Waals surface area contributed by atoms with Crippen LogP contribution in [-0.4, -0.2) is 39.0 Å². The number of hydrogen-bond donors (Lipinski definition) is 1. The van der Waals surface area contributed by atoms with Crippen LogP contribution in [0.1, 0.15) is 44.3 Å². The summed E-state index contributed by atoms with van der Waals surface area (Å²) < 4.78 is 10.6.